The zero-order valence-electron chi connectivity index (χ0n) is 23.5. The van der Waals surface area contributed by atoms with Gasteiger partial charge in [-0.05, 0) is 55.0 Å². The first-order chi connectivity index (χ1) is 20.1. The van der Waals surface area contributed by atoms with Gasteiger partial charge in [-0.2, -0.15) is 11.8 Å². The van der Waals surface area contributed by atoms with Crippen LogP contribution in [0.4, 0.5) is 0 Å². The Morgan fingerprint density at radius 2 is 1.67 bits per heavy atom. The molecule has 2 aromatic rings. The number of rotatable bonds is 15. The van der Waals surface area contributed by atoms with Crippen molar-refractivity contribution in [2.24, 2.45) is 0 Å². The molecule has 0 aliphatic carbocycles. The van der Waals surface area contributed by atoms with Crippen LogP contribution in [0.5, 0.6) is 5.75 Å². The van der Waals surface area contributed by atoms with Crippen LogP contribution in [0.3, 0.4) is 0 Å². The monoisotopic (exact) mass is 599 g/mol. The van der Waals surface area contributed by atoms with Crippen molar-refractivity contribution in [3.8, 4) is 5.75 Å². The molecule has 1 aliphatic rings. The number of carboxylic acid groups (broad SMARTS) is 1. The average molecular weight is 600 g/mol. The lowest BCUT2D eigenvalue weighted by Gasteiger charge is -2.22. The number of phenols is 1. The molecule has 0 aromatic heterocycles. The third-order valence-electron chi connectivity index (χ3n) is 6.79. The van der Waals surface area contributed by atoms with E-state index in [1.807, 2.05) is 12.3 Å². The Hall–Kier alpha value is -4.10. The predicted molar refractivity (Wildman–Crippen MR) is 158 cm³/mol. The van der Waals surface area contributed by atoms with Crippen molar-refractivity contribution in [3.63, 3.8) is 0 Å². The van der Waals surface area contributed by atoms with Gasteiger partial charge in [0.15, 0.2) is 0 Å². The van der Waals surface area contributed by atoms with Crippen LogP contribution >= 0.6 is 11.8 Å². The quantitative estimate of drug-likeness (QED) is 0.167. The molecule has 0 saturated carbocycles. The summed E-state index contributed by atoms with van der Waals surface area (Å²) in [5, 5.41) is 29.7. The number of aliphatic carboxylic acids is 1. The molecule has 226 valence electrons. The fourth-order valence-corrected chi connectivity index (χ4v) is 5.00. The average Bonchev–Trinajstić information content (AvgIpc) is 3.22. The van der Waals surface area contributed by atoms with Crippen LogP contribution < -0.4 is 21.3 Å². The Bertz CT molecular complexity index is 1240. The molecular weight excluding hydrogens is 562 g/mol. The smallest absolute Gasteiger partial charge is 0.326 e. The van der Waals surface area contributed by atoms with Crippen molar-refractivity contribution in [2.75, 3.05) is 25.1 Å². The van der Waals surface area contributed by atoms with Crippen LogP contribution in [0.2, 0.25) is 0 Å². The minimum absolute atomic E-state index is 0.120. The summed E-state index contributed by atoms with van der Waals surface area (Å²) in [5.74, 6) is -2.60. The minimum atomic E-state index is -1.17. The third kappa shape index (κ3) is 9.77. The van der Waals surface area contributed by atoms with Gasteiger partial charge >= 0.3 is 5.97 Å². The first-order valence-electron chi connectivity index (χ1n) is 13.5. The molecule has 6 N–H and O–H groups in total. The molecule has 0 spiro atoms. The number of hydrogen-bond acceptors (Lipinski definition) is 8. The molecule has 2 aromatic carbocycles. The summed E-state index contributed by atoms with van der Waals surface area (Å²) < 4.78 is 0. The summed E-state index contributed by atoms with van der Waals surface area (Å²) in [7, 11) is 0. The van der Waals surface area contributed by atoms with E-state index >= 15 is 0 Å². The van der Waals surface area contributed by atoms with Crippen molar-refractivity contribution in [1.82, 2.24) is 26.2 Å². The van der Waals surface area contributed by atoms with Gasteiger partial charge in [-0.15, -0.1) is 0 Å². The predicted octanol–water partition coefficient (Wildman–Crippen LogP) is 0.247. The number of nitrogens with one attached hydrogen (secondary N) is 4. The van der Waals surface area contributed by atoms with Gasteiger partial charge in [0.1, 0.15) is 24.4 Å². The van der Waals surface area contributed by atoms with Crippen LogP contribution in [0.15, 0.2) is 54.6 Å². The summed E-state index contributed by atoms with van der Waals surface area (Å²) >= 11 is 1.46. The molecule has 1 fully saturated rings. The third-order valence-corrected chi connectivity index (χ3v) is 7.43. The zero-order valence-corrected chi connectivity index (χ0v) is 24.4. The second-order valence-corrected chi connectivity index (χ2v) is 11.0. The Morgan fingerprint density at radius 1 is 0.976 bits per heavy atom. The summed E-state index contributed by atoms with van der Waals surface area (Å²) in [6, 6.07) is 12.8. The standard InChI is InChI=1S/C29H37N5O7S/c1-18-31-24(15-20-8-10-21(35)11-9-20)28(39)34(18)17-26(37)30-16-25(36)32-23(14-19-6-4-3-5-7-19)27(38)33-22(29(40)41)12-13-42-2/h3-11,18,22-24,31,35H,12-17H2,1-2H3,(H,30,37)(H,32,36)(H,33,38)(H,40,41). The molecule has 4 atom stereocenters. The van der Waals surface area contributed by atoms with E-state index in [1.165, 1.54) is 16.7 Å². The number of carbonyl (C=O) groups is 5. The van der Waals surface area contributed by atoms with Gasteiger partial charge in [-0.25, -0.2) is 4.79 Å². The molecule has 1 heterocycles. The number of carboxylic acids is 1. The van der Waals surface area contributed by atoms with Gasteiger partial charge in [0.05, 0.1) is 18.8 Å². The highest BCUT2D eigenvalue weighted by atomic mass is 32.2. The number of benzene rings is 2. The largest absolute Gasteiger partial charge is 0.508 e. The molecule has 13 heteroatoms. The van der Waals surface area contributed by atoms with E-state index in [4.69, 9.17) is 0 Å². The van der Waals surface area contributed by atoms with Gasteiger partial charge in [-0.1, -0.05) is 42.5 Å². The van der Waals surface area contributed by atoms with Gasteiger partial charge in [0.25, 0.3) is 0 Å². The Morgan fingerprint density at radius 3 is 2.31 bits per heavy atom. The van der Waals surface area contributed by atoms with E-state index in [-0.39, 0.29) is 31.0 Å². The SMILES string of the molecule is CSCCC(NC(=O)C(Cc1ccccc1)NC(=O)CNC(=O)CN1C(=O)C(Cc2ccc(O)cc2)NC1C)C(=O)O. The van der Waals surface area contributed by atoms with Crippen molar-refractivity contribution in [2.45, 2.75) is 50.5 Å². The number of carbonyl (C=O) groups excluding carboxylic acids is 4. The highest BCUT2D eigenvalue weighted by Crippen LogP contribution is 2.17. The molecule has 4 unspecified atom stereocenters. The first kappa shape index (κ1) is 32.4. The summed E-state index contributed by atoms with van der Waals surface area (Å²) in [6.07, 6.45) is 2.15. The van der Waals surface area contributed by atoms with E-state index in [2.05, 4.69) is 21.3 Å². The molecule has 1 aliphatic heterocycles. The molecule has 0 radical (unpaired) electrons. The van der Waals surface area contributed by atoms with Crippen LogP contribution in [-0.2, 0) is 36.8 Å². The minimum Gasteiger partial charge on any atom is -0.508 e. The lowest BCUT2D eigenvalue weighted by atomic mass is 10.0. The van der Waals surface area contributed by atoms with E-state index in [0.29, 0.717) is 12.2 Å². The highest BCUT2D eigenvalue weighted by Gasteiger charge is 2.37. The molecule has 42 heavy (non-hydrogen) atoms. The lowest BCUT2D eigenvalue weighted by molar-refractivity contribution is -0.142. The van der Waals surface area contributed by atoms with Crippen molar-refractivity contribution in [1.29, 1.82) is 0 Å². The molecule has 0 bridgehead atoms. The zero-order chi connectivity index (χ0) is 30.6. The number of amides is 4. The van der Waals surface area contributed by atoms with Crippen molar-refractivity contribution < 1.29 is 34.2 Å². The number of aromatic hydroxyl groups is 1. The topological polar surface area (TPSA) is 177 Å². The molecule has 3 rings (SSSR count). The van der Waals surface area contributed by atoms with Crippen molar-refractivity contribution >= 4 is 41.4 Å². The van der Waals surface area contributed by atoms with Gasteiger partial charge in [0.2, 0.25) is 23.6 Å². The van der Waals surface area contributed by atoms with Crippen LogP contribution in [0, 0.1) is 0 Å². The summed E-state index contributed by atoms with van der Waals surface area (Å²) in [5.41, 5.74) is 1.61. The molecular formula is C29H37N5O7S. The number of thioether (sulfide) groups is 1. The van der Waals surface area contributed by atoms with Crippen molar-refractivity contribution in [3.05, 3.63) is 65.7 Å². The molecule has 12 nitrogen and oxygen atoms in total. The number of nitrogens with zero attached hydrogens (tertiary/aromatic N) is 1. The second kappa shape index (κ2) is 15.8. The van der Waals surface area contributed by atoms with E-state index < -0.39 is 54.5 Å². The second-order valence-electron chi connectivity index (χ2n) is 10.00. The van der Waals surface area contributed by atoms with E-state index in [1.54, 1.807) is 55.5 Å². The fourth-order valence-electron chi connectivity index (χ4n) is 4.53. The van der Waals surface area contributed by atoms with Crippen LogP contribution in [0.1, 0.15) is 24.5 Å². The summed E-state index contributed by atoms with van der Waals surface area (Å²) in [4.78, 5) is 64.4. The molecule has 1 saturated heterocycles. The summed E-state index contributed by atoms with van der Waals surface area (Å²) in [6.45, 7) is 1.05. The lowest BCUT2D eigenvalue weighted by Crippen LogP contribution is -2.54. The normalized spacial score (nSPS) is 17.8. The fraction of sp³-hybridized carbons (Fsp3) is 0.414. The maximum Gasteiger partial charge on any atom is 0.326 e. The highest BCUT2D eigenvalue weighted by molar-refractivity contribution is 7.98. The molecule has 4 amide bonds. The Kier molecular flexibility index (Phi) is 12.2. The maximum atomic E-state index is 13.0. The van der Waals surface area contributed by atoms with Crippen LogP contribution in [0.25, 0.3) is 0 Å². The van der Waals surface area contributed by atoms with E-state index in [9.17, 15) is 34.2 Å². The Balaban J connectivity index is 1.55. The number of hydrogen-bond donors (Lipinski definition) is 6. The first-order valence-corrected chi connectivity index (χ1v) is 14.9. The Labute approximate surface area is 248 Å². The van der Waals surface area contributed by atoms with Gasteiger partial charge in [-0.3, -0.25) is 24.5 Å². The van der Waals surface area contributed by atoms with E-state index in [0.717, 1.165) is 11.1 Å². The van der Waals surface area contributed by atoms with Crippen LogP contribution in [-0.4, -0.2) is 94.1 Å². The maximum absolute atomic E-state index is 13.0. The number of phenolic OH excluding ortho intramolecular Hbond substituents is 1. The van der Waals surface area contributed by atoms with Gasteiger partial charge in [0, 0.05) is 6.42 Å². The van der Waals surface area contributed by atoms with Gasteiger partial charge < -0.3 is 31.1 Å².